The van der Waals surface area contributed by atoms with Gasteiger partial charge in [-0.25, -0.2) is 9.97 Å². The van der Waals surface area contributed by atoms with Gasteiger partial charge in [-0.05, 0) is 6.07 Å². The Morgan fingerprint density at radius 2 is 2.11 bits per heavy atom. The molecule has 0 saturated heterocycles. The van der Waals surface area contributed by atoms with E-state index in [0.29, 0.717) is 12.4 Å². The fraction of sp³-hybridized carbons (Fsp3) is 0.200. The Kier molecular flexibility index (Phi) is 2.12. The van der Waals surface area contributed by atoms with Crippen LogP contribution in [0.25, 0.3) is 0 Å². The van der Waals surface area contributed by atoms with Crippen molar-refractivity contribution in [3.8, 4) is 0 Å². The summed E-state index contributed by atoms with van der Waals surface area (Å²) < 4.78 is 0. The van der Waals surface area contributed by atoms with E-state index in [1.54, 1.807) is 18.5 Å². The van der Waals surface area contributed by atoms with E-state index in [0.717, 1.165) is 0 Å². The van der Waals surface area contributed by atoms with Gasteiger partial charge in [0.25, 0.3) is 0 Å². The van der Waals surface area contributed by atoms with Gasteiger partial charge in [-0.15, -0.1) is 0 Å². The Labute approximate surface area is 53.1 Å². The number of rotatable bonds is 2. The number of hydrogen-bond donors (Lipinski definition) is 2. The van der Waals surface area contributed by atoms with Gasteiger partial charge in [0.05, 0.1) is 6.54 Å². The molecular weight excluding hydrogens is 116 g/mol. The highest BCUT2D eigenvalue weighted by Crippen LogP contribution is 1.82. The minimum Gasteiger partial charge on any atom is -0.271 e. The molecule has 0 unspecified atom stereocenters. The van der Waals surface area contributed by atoms with Crippen LogP contribution in [0.15, 0.2) is 18.5 Å². The van der Waals surface area contributed by atoms with Crippen molar-refractivity contribution in [2.24, 2.45) is 5.84 Å². The molecule has 0 aliphatic rings. The molecule has 0 radical (unpaired) electrons. The lowest BCUT2D eigenvalue weighted by Gasteiger charge is -1.93. The van der Waals surface area contributed by atoms with E-state index in [4.69, 9.17) is 5.84 Å². The average molecular weight is 124 g/mol. The van der Waals surface area contributed by atoms with Crippen LogP contribution in [0.4, 0.5) is 0 Å². The normalized spacial score (nSPS) is 9.44. The molecule has 0 aliphatic heterocycles. The van der Waals surface area contributed by atoms with Crippen molar-refractivity contribution in [3.63, 3.8) is 0 Å². The summed E-state index contributed by atoms with van der Waals surface area (Å²) in [7, 11) is 0. The molecule has 0 aliphatic carbocycles. The van der Waals surface area contributed by atoms with Crippen molar-refractivity contribution >= 4 is 0 Å². The highest BCUT2D eigenvalue weighted by molar-refractivity contribution is 4.86. The van der Waals surface area contributed by atoms with E-state index < -0.39 is 0 Å². The van der Waals surface area contributed by atoms with Gasteiger partial charge in [0.2, 0.25) is 0 Å². The summed E-state index contributed by atoms with van der Waals surface area (Å²) in [5.74, 6) is 5.74. The third-order valence-electron chi connectivity index (χ3n) is 0.879. The summed E-state index contributed by atoms with van der Waals surface area (Å²) in [4.78, 5) is 7.83. The minimum atomic E-state index is 0.515. The Morgan fingerprint density at radius 1 is 1.44 bits per heavy atom. The van der Waals surface area contributed by atoms with Gasteiger partial charge in [0.1, 0.15) is 5.82 Å². The first-order valence-electron chi connectivity index (χ1n) is 2.63. The first-order valence-corrected chi connectivity index (χ1v) is 2.63. The van der Waals surface area contributed by atoms with Gasteiger partial charge < -0.3 is 0 Å². The molecule has 0 amide bonds. The summed E-state index contributed by atoms with van der Waals surface area (Å²) in [6.45, 7) is 0.515. The SMILES string of the molecule is NNCc1ncccn1. The molecule has 9 heavy (non-hydrogen) atoms. The molecule has 1 heterocycles. The summed E-state index contributed by atoms with van der Waals surface area (Å²) in [5, 5.41) is 0. The highest BCUT2D eigenvalue weighted by atomic mass is 15.2. The van der Waals surface area contributed by atoms with Gasteiger partial charge in [0.15, 0.2) is 0 Å². The van der Waals surface area contributed by atoms with Crippen LogP contribution in [-0.4, -0.2) is 9.97 Å². The van der Waals surface area contributed by atoms with Crippen LogP contribution in [0.1, 0.15) is 5.82 Å². The molecule has 1 aromatic heterocycles. The molecule has 4 nitrogen and oxygen atoms in total. The molecule has 48 valence electrons. The maximum atomic E-state index is 5.03. The Bertz CT molecular complexity index is 162. The summed E-state index contributed by atoms with van der Waals surface area (Å²) in [6, 6.07) is 1.76. The number of nitrogens with one attached hydrogen (secondary N) is 1. The zero-order valence-corrected chi connectivity index (χ0v) is 4.91. The summed E-state index contributed by atoms with van der Waals surface area (Å²) in [6.07, 6.45) is 3.36. The molecule has 1 aromatic rings. The van der Waals surface area contributed by atoms with Crippen molar-refractivity contribution in [3.05, 3.63) is 24.3 Å². The summed E-state index contributed by atoms with van der Waals surface area (Å²) >= 11 is 0. The first kappa shape index (κ1) is 6.12. The fourth-order valence-electron chi connectivity index (χ4n) is 0.513. The van der Waals surface area contributed by atoms with Crippen LogP contribution < -0.4 is 11.3 Å². The maximum Gasteiger partial charge on any atom is 0.143 e. The van der Waals surface area contributed by atoms with Crippen LogP contribution >= 0.6 is 0 Å². The smallest absolute Gasteiger partial charge is 0.143 e. The topological polar surface area (TPSA) is 63.8 Å². The highest BCUT2D eigenvalue weighted by Gasteiger charge is 1.87. The Hall–Kier alpha value is -1.00. The van der Waals surface area contributed by atoms with Crippen molar-refractivity contribution in [2.75, 3.05) is 0 Å². The third kappa shape index (κ3) is 1.75. The second-order valence-electron chi connectivity index (χ2n) is 1.55. The molecule has 0 saturated carbocycles. The van der Waals surface area contributed by atoms with Gasteiger partial charge in [0, 0.05) is 12.4 Å². The van der Waals surface area contributed by atoms with Crippen molar-refractivity contribution < 1.29 is 0 Å². The second-order valence-corrected chi connectivity index (χ2v) is 1.55. The van der Waals surface area contributed by atoms with Crippen LogP contribution in [0.3, 0.4) is 0 Å². The van der Waals surface area contributed by atoms with Crippen LogP contribution in [0, 0.1) is 0 Å². The van der Waals surface area contributed by atoms with E-state index in [2.05, 4.69) is 15.4 Å². The third-order valence-corrected chi connectivity index (χ3v) is 0.879. The van der Waals surface area contributed by atoms with Crippen LogP contribution in [0.2, 0.25) is 0 Å². The lowest BCUT2D eigenvalue weighted by atomic mass is 10.5. The Morgan fingerprint density at radius 3 is 2.67 bits per heavy atom. The fourth-order valence-corrected chi connectivity index (χ4v) is 0.513. The van der Waals surface area contributed by atoms with Gasteiger partial charge in [-0.2, -0.15) is 0 Å². The zero-order chi connectivity index (χ0) is 6.53. The molecule has 4 heteroatoms. The summed E-state index contributed by atoms with van der Waals surface area (Å²) in [5.41, 5.74) is 2.46. The van der Waals surface area contributed by atoms with Crippen molar-refractivity contribution in [1.29, 1.82) is 0 Å². The number of hydrazine groups is 1. The standard InChI is InChI=1S/C5H8N4/c6-9-4-5-7-2-1-3-8-5/h1-3,9H,4,6H2. The number of nitrogens with two attached hydrogens (primary N) is 1. The number of hydrogen-bond acceptors (Lipinski definition) is 4. The molecule has 0 aromatic carbocycles. The van der Waals surface area contributed by atoms with E-state index >= 15 is 0 Å². The minimum absolute atomic E-state index is 0.515. The van der Waals surface area contributed by atoms with Gasteiger partial charge in [-0.3, -0.25) is 11.3 Å². The van der Waals surface area contributed by atoms with E-state index in [1.807, 2.05) is 0 Å². The second kappa shape index (κ2) is 3.11. The molecule has 0 atom stereocenters. The van der Waals surface area contributed by atoms with Crippen molar-refractivity contribution in [2.45, 2.75) is 6.54 Å². The predicted octanol–water partition coefficient (Wildman–Crippen LogP) is -0.560. The quantitative estimate of drug-likeness (QED) is 0.409. The monoisotopic (exact) mass is 124 g/mol. The Balaban J connectivity index is 2.61. The zero-order valence-electron chi connectivity index (χ0n) is 4.91. The average Bonchev–Trinajstić information content (AvgIpc) is 1.91. The molecule has 1 rings (SSSR count). The van der Waals surface area contributed by atoms with E-state index in [9.17, 15) is 0 Å². The van der Waals surface area contributed by atoms with E-state index in [1.165, 1.54) is 0 Å². The van der Waals surface area contributed by atoms with Crippen LogP contribution in [-0.2, 0) is 6.54 Å². The molecule has 3 N–H and O–H groups in total. The lowest BCUT2D eigenvalue weighted by molar-refractivity contribution is 0.700. The van der Waals surface area contributed by atoms with E-state index in [-0.39, 0.29) is 0 Å². The largest absolute Gasteiger partial charge is 0.271 e. The molecule has 0 fully saturated rings. The first-order chi connectivity index (χ1) is 4.43. The lowest BCUT2D eigenvalue weighted by Crippen LogP contribution is -2.22. The predicted molar refractivity (Wildman–Crippen MR) is 33.1 cm³/mol. The van der Waals surface area contributed by atoms with Crippen LogP contribution in [0.5, 0.6) is 0 Å². The molecule has 0 bridgehead atoms. The number of nitrogens with zero attached hydrogens (tertiary/aromatic N) is 2. The van der Waals surface area contributed by atoms with Gasteiger partial charge in [-0.1, -0.05) is 0 Å². The molecular formula is C5H8N4. The molecule has 0 spiro atoms. The number of aromatic nitrogens is 2. The van der Waals surface area contributed by atoms with Crippen molar-refractivity contribution in [1.82, 2.24) is 15.4 Å². The van der Waals surface area contributed by atoms with Gasteiger partial charge >= 0.3 is 0 Å². The maximum absolute atomic E-state index is 5.03.